The van der Waals surface area contributed by atoms with Crippen molar-refractivity contribution in [3.05, 3.63) is 89.5 Å². The summed E-state index contributed by atoms with van der Waals surface area (Å²) in [6.07, 6.45) is -2.55. The van der Waals surface area contributed by atoms with Gasteiger partial charge in [0.1, 0.15) is 18.1 Å². The van der Waals surface area contributed by atoms with Gasteiger partial charge in [0, 0.05) is 38.4 Å². The highest BCUT2D eigenvalue weighted by atomic mass is 35.5. The van der Waals surface area contributed by atoms with Crippen LogP contribution in [0.2, 0.25) is 0 Å². The Morgan fingerprint density at radius 2 is 1.58 bits per heavy atom. The molecular weight excluding hydrogens is 489 g/mol. The van der Waals surface area contributed by atoms with Gasteiger partial charge < -0.3 is 14.4 Å². The first-order valence-corrected chi connectivity index (χ1v) is 11.9. The Kier molecular flexibility index (Phi) is 9.90. The molecule has 0 N–H and O–H groups in total. The molecule has 1 heterocycles. The first kappa shape index (κ1) is 27.7. The third-order valence-electron chi connectivity index (χ3n) is 6.37. The van der Waals surface area contributed by atoms with E-state index >= 15 is 0 Å². The number of anilines is 1. The van der Waals surface area contributed by atoms with Crippen LogP contribution in [0.3, 0.4) is 0 Å². The van der Waals surface area contributed by atoms with E-state index in [1.807, 2.05) is 35.2 Å². The van der Waals surface area contributed by atoms with Crippen LogP contribution in [-0.2, 0) is 19.0 Å². The molecule has 3 aromatic carbocycles. The van der Waals surface area contributed by atoms with Crippen LogP contribution in [0.25, 0.3) is 0 Å². The van der Waals surface area contributed by atoms with Crippen LogP contribution in [0, 0.1) is 0 Å². The fourth-order valence-corrected chi connectivity index (χ4v) is 4.35. The zero-order chi connectivity index (χ0) is 24.7. The second-order valence-electron chi connectivity index (χ2n) is 8.68. The zero-order valence-corrected chi connectivity index (χ0v) is 21.2. The highest BCUT2D eigenvalue weighted by molar-refractivity contribution is 5.85. The van der Waals surface area contributed by atoms with E-state index in [-0.39, 0.29) is 12.4 Å². The molecule has 4 rings (SSSR count). The Morgan fingerprint density at radius 1 is 0.833 bits per heavy atom. The smallest absolute Gasteiger partial charge is 0.416 e. The third-order valence-corrected chi connectivity index (χ3v) is 6.37. The maximum atomic E-state index is 13.0. The third kappa shape index (κ3) is 7.55. The van der Waals surface area contributed by atoms with E-state index in [0.29, 0.717) is 25.4 Å². The Bertz CT molecular complexity index is 1100. The van der Waals surface area contributed by atoms with Crippen LogP contribution < -0.4 is 14.4 Å². The molecule has 0 unspecified atom stereocenters. The lowest BCUT2D eigenvalue weighted by atomic mass is 10.0. The topological polar surface area (TPSA) is 24.9 Å². The van der Waals surface area contributed by atoms with E-state index in [0.717, 1.165) is 50.0 Å². The highest BCUT2D eigenvalue weighted by Gasteiger charge is 2.31. The lowest BCUT2D eigenvalue weighted by Crippen LogP contribution is -2.47. The van der Waals surface area contributed by atoms with Crippen molar-refractivity contribution in [3.8, 4) is 11.5 Å². The summed E-state index contributed by atoms with van der Waals surface area (Å²) in [7, 11) is 1.67. The molecule has 1 aliphatic heterocycles. The maximum absolute atomic E-state index is 13.0. The van der Waals surface area contributed by atoms with Crippen LogP contribution in [-0.4, -0.2) is 51.3 Å². The molecule has 194 valence electrons. The zero-order valence-electron chi connectivity index (χ0n) is 20.3. The fraction of sp³-hybridized carbons (Fsp3) is 0.357. The van der Waals surface area contributed by atoms with Crippen LogP contribution in [0.1, 0.15) is 16.7 Å². The van der Waals surface area contributed by atoms with E-state index in [4.69, 9.17) is 9.47 Å². The number of hydrogen-bond acceptors (Lipinski definition) is 4. The number of para-hydroxylation sites is 1. The molecule has 1 saturated heterocycles. The largest absolute Gasteiger partial charge is 0.497 e. The van der Waals surface area contributed by atoms with Crippen molar-refractivity contribution in [3.63, 3.8) is 0 Å². The van der Waals surface area contributed by atoms with Crippen molar-refractivity contribution in [2.45, 2.75) is 19.0 Å². The van der Waals surface area contributed by atoms with Crippen LogP contribution in [0.4, 0.5) is 18.9 Å². The Balaban J connectivity index is 0.00000361. The quantitative estimate of drug-likeness (QED) is 0.339. The Morgan fingerprint density at radius 3 is 2.33 bits per heavy atom. The molecule has 0 atom stereocenters. The van der Waals surface area contributed by atoms with Gasteiger partial charge in [-0.15, -0.1) is 12.4 Å². The summed E-state index contributed by atoms with van der Waals surface area (Å²) in [6.45, 7) is 4.31. The van der Waals surface area contributed by atoms with Gasteiger partial charge in [0.05, 0.1) is 12.7 Å². The summed E-state index contributed by atoms with van der Waals surface area (Å²) in [5.41, 5.74) is 2.42. The van der Waals surface area contributed by atoms with Gasteiger partial charge in [0.25, 0.3) is 0 Å². The summed E-state index contributed by atoms with van der Waals surface area (Å²) in [4.78, 5) is 4.31. The summed E-state index contributed by atoms with van der Waals surface area (Å²) < 4.78 is 50.5. The minimum Gasteiger partial charge on any atom is -0.497 e. The number of aryl methyl sites for hydroxylation is 2. The normalized spacial score (nSPS) is 14.3. The molecule has 1 aliphatic rings. The Hall–Kier alpha value is -2.90. The number of methoxy groups -OCH3 is 1. The van der Waals surface area contributed by atoms with Gasteiger partial charge in [-0.3, -0.25) is 4.90 Å². The van der Waals surface area contributed by atoms with Gasteiger partial charge in [-0.25, -0.2) is 0 Å². The molecule has 8 heteroatoms. The van der Waals surface area contributed by atoms with Gasteiger partial charge in [0.2, 0.25) is 0 Å². The van der Waals surface area contributed by atoms with Crippen molar-refractivity contribution in [2.75, 3.05) is 51.3 Å². The minimum atomic E-state index is -4.32. The number of hydrogen-bond donors (Lipinski definition) is 0. The number of piperazine rings is 1. The number of rotatable bonds is 9. The summed E-state index contributed by atoms with van der Waals surface area (Å²) in [5.74, 6) is 1.76. The lowest BCUT2D eigenvalue weighted by Gasteiger charge is -2.36. The predicted molar refractivity (Wildman–Crippen MR) is 140 cm³/mol. The van der Waals surface area contributed by atoms with Crippen molar-refractivity contribution in [1.29, 1.82) is 0 Å². The van der Waals surface area contributed by atoms with E-state index < -0.39 is 11.7 Å². The number of alkyl halides is 3. The fourth-order valence-electron chi connectivity index (χ4n) is 4.35. The average molecular weight is 521 g/mol. The summed E-state index contributed by atoms with van der Waals surface area (Å²) >= 11 is 0. The van der Waals surface area contributed by atoms with Crippen molar-refractivity contribution in [1.82, 2.24) is 4.90 Å². The van der Waals surface area contributed by atoms with Crippen molar-refractivity contribution in [2.24, 2.45) is 0 Å². The second kappa shape index (κ2) is 12.9. The number of halogens is 4. The van der Waals surface area contributed by atoms with Gasteiger partial charge in [0.15, 0.2) is 0 Å². The maximum Gasteiger partial charge on any atom is 0.416 e. The molecule has 0 spiro atoms. The molecule has 36 heavy (non-hydrogen) atoms. The molecule has 0 aliphatic carbocycles. The Labute approximate surface area is 217 Å². The molecule has 0 saturated carbocycles. The molecule has 3 aromatic rings. The van der Waals surface area contributed by atoms with E-state index in [9.17, 15) is 13.2 Å². The van der Waals surface area contributed by atoms with Gasteiger partial charge >= 0.3 is 6.18 Å². The average Bonchev–Trinajstić information content (AvgIpc) is 2.88. The molecule has 0 bridgehead atoms. The van der Waals surface area contributed by atoms with Crippen LogP contribution >= 0.6 is 12.4 Å². The molecular formula is C28H32ClF3N2O2. The van der Waals surface area contributed by atoms with E-state index in [1.54, 1.807) is 13.2 Å². The van der Waals surface area contributed by atoms with Crippen molar-refractivity contribution >= 4 is 18.1 Å². The standard InChI is InChI=1S/C28H31F3N2O2.ClH/c1-34-26-10-4-6-22(20-26)12-13-23-7-2-3-11-27(23)35-19-18-32-14-16-33(17-15-32)25-9-5-8-24(21-25)28(29,30)31;/h2-11,20-21H,12-19H2,1H3;1H. The minimum absolute atomic E-state index is 0. The first-order valence-electron chi connectivity index (χ1n) is 11.9. The van der Waals surface area contributed by atoms with Gasteiger partial charge in [-0.05, 0) is 60.4 Å². The van der Waals surface area contributed by atoms with E-state index in [2.05, 4.69) is 23.1 Å². The molecule has 1 fully saturated rings. The van der Waals surface area contributed by atoms with Gasteiger partial charge in [-0.2, -0.15) is 13.2 Å². The number of nitrogens with zero attached hydrogens (tertiary/aromatic N) is 2. The van der Waals surface area contributed by atoms with Crippen LogP contribution in [0.15, 0.2) is 72.8 Å². The first-order chi connectivity index (χ1) is 16.9. The summed E-state index contributed by atoms with van der Waals surface area (Å²) in [5, 5.41) is 0. The molecule has 0 aromatic heterocycles. The van der Waals surface area contributed by atoms with Crippen LogP contribution in [0.5, 0.6) is 11.5 Å². The molecule has 0 amide bonds. The summed E-state index contributed by atoms with van der Waals surface area (Å²) in [6, 6.07) is 21.8. The number of ether oxygens (including phenoxy) is 2. The lowest BCUT2D eigenvalue weighted by molar-refractivity contribution is -0.137. The molecule has 0 radical (unpaired) electrons. The monoisotopic (exact) mass is 520 g/mol. The molecule has 4 nitrogen and oxygen atoms in total. The SMILES string of the molecule is COc1cccc(CCc2ccccc2OCCN2CCN(c3cccc(C(F)(F)F)c3)CC2)c1.Cl. The van der Waals surface area contributed by atoms with Crippen molar-refractivity contribution < 1.29 is 22.6 Å². The second-order valence-corrected chi connectivity index (χ2v) is 8.68. The van der Waals surface area contributed by atoms with E-state index in [1.165, 1.54) is 23.3 Å². The predicted octanol–water partition coefficient (Wildman–Crippen LogP) is 6.12. The number of benzene rings is 3. The van der Waals surface area contributed by atoms with Gasteiger partial charge in [-0.1, -0.05) is 36.4 Å². The highest BCUT2D eigenvalue weighted by Crippen LogP contribution is 2.32.